The van der Waals surface area contributed by atoms with Gasteiger partial charge in [-0.1, -0.05) is 24.3 Å². The first-order valence-electron chi connectivity index (χ1n) is 8.41. The van der Waals surface area contributed by atoms with Crippen LogP contribution in [0.5, 0.6) is 0 Å². The van der Waals surface area contributed by atoms with E-state index in [1.807, 2.05) is 12.1 Å². The van der Waals surface area contributed by atoms with Crippen molar-refractivity contribution >= 4 is 17.2 Å². The quantitative estimate of drug-likeness (QED) is 0.219. The monoisotopic (exact) mass is 457 g/mol. The molecule has 0 aliphatic heterocycles. The SMILES string of the molecule is O=C(C[n+]1ccc(Cc2ccc([N+](=O)[O-])cc2)cc1)c1cccc([N+](=O)[O-])c1.[Br-]. The minimum atomic E-state index is -0.531. The van der Waals surface area contributed by atoms with Crippen LogP contribution in [0.25, 0.3) is 0 Å². The lowest BCUT2D eigenvalue weighted by atomic mass is 10.1. The number of carbonyl (C=O) groups is 1. The summed E-state index contributed by atoms with van der Waals surface area (Å²) in [7, 11) is 0. The van der Waals surface area contributed by atoms with Crippen LogP contribution in [0.15, 0.2) is 73.1 Å². The van der Waals surface area contributed by atoms with Crippen molar-refractivity contribution in [3.05, 3.63) is 110 Å². The average Bonchev–Trinajstić information content (AvgIpc) is 2.70. The topological polar surface area (TPSA) is 107 Å². The van der Waals surface area contributed by atoms with Crippen molar-refractivity contribution < 1.29 is 36.2 Å². The van der Waals surface area contributed by atoms with Gasteiger partial charge >= 0.3 is 0 Å². The summed E-state index contributed by atoms with van der Waals surface area (Å²) < 4.78 is 1.69. The van der Waals surface area contributed by atoms with Gasteiger partial charge in [-0.15, -0.1) is 0 Å². The van der Waals surface area contributed by atoms with Gasteiger partial charge < -0.3 is 17.0 Å². The van der Waals surface area contributed by atoms with Gasteiger partial charge in [0.05, 0.1) is 9.85 Å². The van der Waals surface area contributed by atoms with Crippen LogP contribution in [-0.2, 0) is 13.0 Å². The van der Waals surface area contributed by atoms with Gasteiger partial charge in [-0.25, -0.2) is 0 Å². The number of rotatable bonds is 7. The van der Waals surface area contributed by atoms with Gasteiger partial charge in [-0.05, 0) is 17.5 Å². The predicted molar refractivity (Wildman–Crippen MR) is 100.0 cm³/mol. The Morgan fingerprint density at radius 2 is 1.41 bits per heavy atom. The molecule has 0 fully saturated rings. The fourth-order valence-corrected chi connectivity index (χ4v) is 2.73. The van der Waals surface area contributed by atoms with Gasteiger partial charge in [-0.2, -0.15) is 4.57 Å². The minimum Gasteiger partial charge on any atom is -1.00 e. The number of benzene rings is 2. The number of hydrogen-bond donors (Lipinski definition) is 0. The van der Waals surface area contributed by atoms with Gasteiger partial charge in [0.25, 0.3) is 11.4 Å². The number of nitro groups is 2. The van der Waals surface area contributed by atoms with Gasteiger partial charge in [0.2, 0.25) is 12.3 Å². The molecule has 0 saturated heterocycles. The third-order valence-electron chi connectivity index (χ3n) is 4.22. The van der Waals surface area contributed by atoms with Crippen LogP contribution >= 0.6 is 0 Å². The third-order valence-corrected chi connectivity index (χ3v) is 4.22. The number of pyridine rings is 1. The molecule has 0 spiro atoms. The van der Waals surface area contributed by atoms with E-state index in [1.54, 1.807) is 35.2 Å². The molecule has 2 aromatic carbocycles. The molecule has 3 rings (SSSR count). The van der Waals surface area contributed by atoms with Crippen molar-refractivity contribution in [1.29, 1.82) is 0 Å². The van der Waals surface area contributed by atoms with E-state index >= 15 is 0 Å². The molecule has 3 aromatic rings. The molecule has 0 aliphatic rings. The van der Waals surface area contributed by atoms with E-state index < -0.39 is 9.85 Å². The largest absolute Gasteiger partial charge is 1.00 e. The second-order valence-corrected chi connectivity index (χ2v) is 6.21. The lowest BCUT2D eigenvalue weighted by Gasteiger charge is -2.02. The van der Waals surface area contributed by atoms with Gasteiger partial charge in [-0.3, -0.25) is 25.0 Å². The zero-order chi connectivity index (χ0) is 20.1. The summed E-state index contributed by atoms with van der Waals surface area (Å²) in [6.45, 7) is 0.0684. The van der Waals surface area contributed by atoms with Crippen molar-refractivity contribution in [2.24, 2.45) is 0 Å². The summed E-state index contributed by atoms with van der Waals surface area (Å²) in [5, 5.41) is 21.5. The minimum absolute atomic E-state index is 0. The molecule has 148 valence electrons. The highest BCUT2D eigenvalue weighted by Gasteiger charge is 2.15. The molecule has 0 aliphatic carbocycles. The van der Waals surface area contributed by atoms with Crippen LogP contribution < -0.4 is 21.5 Å². The van der Waals surface area contributed by atoms with Crippen molar-refractivity contribution in [3.8, 4) is 0 Å². The number of Topliss-reactive ketones (excluding diaryl/α,β-unsaturated/α-hetero) is 1. The fraction of sp³-hybridized carbons (Fsp3) is 0.100. The molecule has 0 unspecified atom stereocenters. The summed E-state index contributed by atoms with van der Waals surface area (Å²) in [5.74, 6) is -0.225. The Labute approximate surface area is 176 Å². The molecule has 0 saturated carbocycles. The normalized spacial score (nSPS) is 10.1. The molecule has 0 atom stereocenters. The van der Waals surface area contributed by atoms with E-state index in [0.29, 0.717) is 6.42 Å². The van der Waals surface area contributed by atoms with Crippen LogP contribution in [0.4, 0.5) is 11.4 Å². The summed E-state index contributed by atoms with van der Waals surface area (Å²) in [6.07, 6.45) is 4.13. The Bertz CT molecular complexity index is 1040. The summed E-state index contributed by atoms with van der Waals surface area (Å²) >= 11 is 0. The van der Waals surface area contributed by atoms with Crippen LogP contribution in [0.2, 0.25) is 0 Å². The molecular formula is C20H16BrN3O5. The Balaban J connectivity index is 0.00000300. The first-order chi connectivity index (χ1) is 13.4. The summed E-state index contributed by atoms with van der Waals surface area (Å²) in [4.78, 5) is 32.9. The number of carbonyl (C=O) groups excluding carboxylic acids is 1. The second-order valence-electron chi connectivity index (χ2n) is 6.21. The van der Waals surface area contributed by atoms with E-state index in [-0.39, 0.29) is 46.2 Å². The molecule has 1 aromatic heterocycles. The molecule has 29 heavy (non-hydrogen) atoms. The Morgan fingerprint density at radius 1 is 0.828 bits per heavy atom. The highest BCUT2D eigenvalue weighted by molar-refractivity contribution is 5.95. The number of nitro benzene ring substituents is 2. The first-order valence-corrected chi connectivity index (χ1v) is 8.41. The van der Waals surface area contributed by atoms with Crippen molar-refractivity contribution in [3.63, 3.8) is 0 Å². The molecule has 0 bridgehead atoms. The number of ketones is 1. The third kappa shape index (κ3) is 5.76. The van der Waals surface area contributed by atoms with E-state index in [0.717, 1.165) is 11.1 Å². The molecular weight excluding hydrogens is 442 g/mol. The molecule has 9 heteroatoms. The van der Waals surface area contributed by atoms with E-state index in [2.05, 4.69) is 0 Å². The lowest BCUT2D eigenvalue weighted by molar-refractivity contribution is -0.683. The Morgan fingerprint density at radius 3 is 2.00 bits per heavy atom. The molecule has 0 N–H and O–H groups in total. The van der Waals surface area contributed by atoms with E-state index in [4.69, 9.17) is 0 Å². The van der Waals surface area contributed by atoms with Crippen molar-refractivity contribution in [2.75, 3.05) is 0 Å². The van der Waals surface area contributed by atoms with Crippen LogP contribution in [0.3, 0.4) is 0 Å². The first kappa shape index (κ1) is 21.8. The lowest BCUT2D eigenvalue weighted by Crippen LogP contribution is -3.00. The van der Waals surface area contributed by atoms with Gasteiger partial charge in [0.1, 0.15) is 0 Å². The second kappa shape index (κ2) is 9.65. The molecule has 1 heterocycles. The van der Waals surface area contributed by atoms with E-state index in [1.165, 1.54) is 30.3 Å². The number of nitrogens with zero attached hydrogens (tertiary/aromatic N) is 3. The number of halogens is 1. The maximum atomic E-state index is 12.4. The highest BCUT2D eigenvalue weighted by atomic mass is 79.9. The number of aromatic nitrogens is 1. The zero-order valence-corrected chi connectivity index (χ0v) is 16.7. The summed E-state index contributed by atoms with van der Waals surface area (Å²) in [5.41, 5.74) is 2.16. The Kier molecular flexibility index (Phi) is 7.27. The molecule has 0 radical (unpaired) electrons. The average molecular weight is 458 g/mol. The number of non-ortho nitro benzene ring substituents is 2. The molecule has 8 nitrogen and oxygen atoms in total. The van der Waals surface area contributed by atoms with Crippen LogP contribution in [-0.4, -0.2) is 15.6 Å². The van der Waals surface area contributed by atoms with Gasteiger partial charge in [0, 0.05) is 42.0 Å². The van der Waals surface area contributed by atoms with Crippen LogP contribution in [0.1, 0.15) is 21.5 Å². The summed E-state index contributed by atoms with van der Waals surface area (Å²) in [6, 6.07) is 15.7. The maximum Gasteiger partial charge on any atom is 0.270 e. The standard InChI is InChI=1S/C20H16N3O5.BrH/c24-20(17-2-1-3-19(13-17)23(27)28)14-21-10-8-16(9-11-21)12-15-4-6-18(7-5-15)22(25)26;/h1-11,13H,12,14H2;1H/q+1;/p-1. The smallest absolute Gasteiger partial charge is 0.270 e. The highest BCUT2D eigenvalue weighted by Crippen LogP contribution is 2.15. The van der Waals surface area contributed by atoms with E-state index in [9.17, 15) is 25.0 Å². The fourth-order valence-electron chi connectivity index (χ4n) is 2.73. The van der Waals surface area contributed by atoms with Crippen molar-refractivity contribution in [2.45, 2.75) is 13.0 Å². The predicted octanol–water partition coefficient (Wildman–Crippen LogP) is 0.268. The maximum absolute atomic E-state index is 12.4. The van der Waals surface area contributed by atoms with Crippen molar-refractivity contribution in [1.82, 2.24) is 0 Å². The number of hydrogen-bond acceptors (Lipinski definition) is 5. The zero-order valence-electron chi connectivity index (χ0n) is 15.1. The van der Waals surface area contributed by atoms with Crippen LogP contribution in [0, 0.1) is 20.2 Å². The Hall–Kier alpha value is -3.46. The van der Waals surface area contributed by atoms with Gasteiger partial charge in [0.15, 0.2) is 12.4 Å². The molecule has 0 amide bonds.